The van der Waals surface area contributed by atoms with Crippen molar-refractivity contribution in [3.63, 3.8) is 0 Å². The van der Waals surface area contributed by atoms with Crippen LogP contribution in [0.25, 0.3) is 0 Å². The van der Waals surface area contributed by atoms with Crippen LogP contribution in [0.2, 0.25) is 0 Å². The fourth-order valence-corrected chi connectivity index (χ4v) is 4.43. The van der Waals surface area contributed by atoms with Crippen LogP contribution in [0, 0.1) is 11.3 Å². The Labute approximate surface area is 152 Å². The van der Waals surface area contributed by atoms with Crippen molar-refractivity contribution in [3.05, 3.63) is 34.3 Å². The molecule has 126 valence electrons. The fraction of sp³-hybridized carbons (Fsp3) is 0.611. The molecule has 1 heterocycles. The molecule has 0 radical (unpaired) electrons. The van der Waals surface area contributed by atoms with E-state index in [4.69, 9.17) is 0 Å². The summed E-state index contributed by atoms with van der Waals surface area (Å²) in [4.78, 5) is 15.2. The molecule has 5 heteroatoms. The molecular weight excluding hydrogens is 376 g/mol. The van der Waals surface area contributed by atoms with Crippen LogP contribution in [-0.2, 0) is 11.3 Å². The van der Waals surface area contributed by atoms with E-state index >= 15 is 0 Å². The lowest BCUT2D eigenvalue weighted by atomic mass is 9.91. The highest BCUT2D eigenvalue weighted by molar-refractivity contribution is 9.10. The third kappa shape index (κ3) is 3.59. The lowest BCUT2D eigenvalue weighted by molar-refractivity contribution is -0.134. The third-order valence-electron chi connectivity index (χ3n) is 5.60. The molecule has 23 heavy (non-hydrogen) atoms. The van der Waals surface area contributed by atoms with Crippen molar-refractivity contribution in [2.24, 2.45) is 11.3 Å². The van der Waals surface area contributed by atoms with E-state index in [1.807, 2.05) is 6.07 Å². The zero-order valence-electron chi connectivity index (χ0n) is 13.3. The molecule has 1 atom stereocenters. The Hall–Kier alpha value is -0.580. The Morgan fingerprint density at radius 2 is 2.04 bits per heavy atom. The predicted octanol–water partition coefficient (Wildman–Crippen LogP) is 3.75. The van der Waals surface area contributed by atoms with Gasteiger partial charge in [0.1, 0.15) is 0 Å². The Balaban J connectivity index is 0.00000156. The van der Waals surface area contributed by atoms with Gasteiger partial charge in [0, 0.05) is 23.0 Å². The first kappa shape index (κ1) is 17.2. The molecule has 1 spiro atoms. The van der Waals surface area contributed by atoms with Gasteiger partial charge in [-0.3, -0.25) is 4.79 Å². The van der Waals surface area contributed by atoms with Crippen LogP contribution in [0.4, 0.5) is 0 Å². The monoisotopic (exact) mass is 398 g/mol. The zero-order chi connectivity index (χ0) is 15.2. The topological polar surface area (TPSA) is 32.3 Å². The first-order chi connectivity index (χ1) is 10.7. The molecular formula is C18H24BrClN2O. The molecule has 3 nitrogen and oxygen atoms in total. The van der Waals surface area contributed by atoms with Crippen LogP contribution in [-0.4, -0.2) is 29.9 Å². The van der Waals surface area contributed by atoms with Crippen molar-refractivity contribution in [3.8, 4) is 0 Å². The number of carbonyl (C=O) groups excluding carboxylic acids is 1. The maximum Gasteiger partial charge on any atom is 0.226 e. The molecule has 1 unspecified atom stereocenters. The first-order valence-corrected chi connectivity index (χ1v) is 9.23. The van der Waals surface area contributed by atoms with Crippen LogP contribution in [0.3, 0.4) is 0 Å². The Kier molecular flexibility index (Phi) is 5.05. The lowest BCUT2D eigenvalue weighted by Gasteiger charge is -2.27. The van der Waals surface area contributed by atoms with E-state index in [-0.39, 0.29) is 12.4 Å². The summed E-state index contributed by atoms with van der Waals surface area (Å²) in [6.45, 7) is 2.94. The SMILES string of the molecule is Cl.O=C(C1CC12CCNCC2)N(Cc1cccc(Br)c1)C1CC1. The van der Waals surface area contributed by atoms with Gasteiger partial charge in [-0.2, -0.15) is 0 Å². The molecule has 0 bridgehead atoms. The summed E-state index contributed by atoms with van der Waals surface area (Å²) in [6.07, 6.45) is 5.84. The van der Waals surface area contributed by atoms with Crippen molar-refractivity contribution in [1.82, 2.24) is 10.2 Å². The van der Waals surface area contributed by atoms with Gasteiger partial charge >= 0.3 is 0 Å². The normalized spacial score (nSPS) is 24.8. The minimum absolute atomic E-state index is 0. The second kappa shape index (κ2) is 6.73. The van der Waals surface area contributed by atoms with Crippen LogP contribution in [0.5, 0.6) is 0 Å². The lowest BCUT2D eigenvalue weighted by Crippen LogP contribution is -2.37. The van der Waals surface area contributed by atoms with Gasteiger partial charge in [0.2, 0.25) is 5.91 Å². The Morgan fingerprint density at radius 1 is 1.30 bits per heavy atom. The second-order valence-electron chi connectivity index (χ2n) is 7.20. The molecule has 1 saturated heterocycles. The van der Waals surface area contributed by atoms with Crippen LogP contribution in [0.1, 0.15) is 37.7 Å². The molecule has 0 aromatic heterocycles. The Bertz CT molecular complexity index is 584. The number of amides is 1. The highest BCUT2D eigenvalue weighted by atomic mass is 79.9. The summed E-state index contributed by atoms with van der Waals surface area (Å²) < 4.78 is 1.09. The number of hydrogen-bond donors (Lipinski definition) is 1. The zero-order valence-corrected chi connectivity index (χ0v) is 15.7. The van der Waals surface area contributed by atoms with Gasteiger partial charge in [-0.1, -0.05) is 28.1 Å². The smallest absolute Gasteiger partial charge is 0.226 e. The van der Waals surface area contributed by atoms with Gasteiger partial charge < -0.3 is 10.2 Å². The van der Waals surface area contributed by atoms with Gasteiger partial charge in [0.05, 0.1) is 0 Å². The highest BCUT2D eigenvalue weighted by Crippen LogP contribution is 2.59. The third-order valence-corrected chi connectivity index (χ3v) is 6.09. The van der Waals surface area contributed by atoms with Crippen molar-refractivity contribution < 1.29 is 4.79 Å². The molecule has 2 saturated carbocycles. The molecule has 1 amide bonds. The number of benzene rings is 1. The number of rotatable bonds is 4. The minimum Gasteiger partial charge on any atom is -0.335 e. The van der Waals surface area contributed by atoms with Crippen molar-refractivity contribution >= 4 is 34.2 Å². The summed E-state index contributed by atoms with van der Waals surface area (Å²) >= 11 is 3.53. The van der Waals surface area contributed by atoms with Gasteiger partial charge in [-0.05, 0) is 68.3 Å². The van der Waals surface area contributed by atoms with E-state index < -0.39 is 0 Å². The quantitative estimate of drug-likeness (QED) is 0.836. The van der Waals surface area contributed by atoms with Gasteiger partial charge in [0.25, 0.3) is 0 Å². The van der Waals surface area contributed by atoms with E-state index in [1.54, 1.807) is 0 Å². The number of halogens is 2. The van der Waals surface area contributed by atoms with Gasteiger partial charge in [-0.15, -0.1) is 12.4 Å². The van der Waals surface area contributed by atoms with E-state index in [0.29, 0.717) is 23.3 Å². The van der Waals surface area contributed by atoms with Crippen molar-refractivity contribution in [2.75, 3.05) is 13.1 Å². The van der Waals surface area contributed by atoms with Crippen LogP contribution < -0.4 is 5.32 Å². The molecule has 4 rings (SSSR count). The molecule has 1 aromatic carbocycles. The predicted molar refractivity (Wildman–Crippen MR) is 97.6 cm³/mol. The summed E-state index contributed by atoms with van der Waals surface area (Å²) in [5.74, 6) is 0.715. The molecule has 3 aliphatic rings. The summed E-state index contributed by atoms with van der Waals surface area (Å²) in [7, 11) is 0. The number of nitrogens with zero attached hydrogens (tertiary/aromatic N) is 1. The number of piperidine rings is 1. The standard InChI is InChI=1S/C18H23BrN2O.ClH/c19-14-3-1-2-13(10-14)12-21(15-4-5-15)17(22)16-11-18(16)6-8-20-9-7-18;/h1-3,10,15-16,20H,4-9,11-12H2;1H. The summed E-state index contributed by atoms with van der Waals surface area (Å²) in [5, 5.41) is 3.42. The average molecular weight is 400 g/mol. The van der Waals surface area contributed by atoms with Crippen molar-refractivity contribution in [2.45, 2.75) is 44.7 Å². The van der Waals surface area contributed by atoms with Gasteiger partial charge in [0.15, 0.2) is 0 Å². The minimum atomic E-state index is 0. The van der Waals surface area contributed by atoms with E-state index in [1.165, 1.54) is 31.2 Å². The summed E-state index contributed by atoms with van der Waals surface area (Å²) in [5.41, 5.74) is 1.57. The van der Waals surface area contributed by atoms with Crippen LogP contribution in [0.15, 0.2) is 28.7 Å². The first-order valence-electron chi connectivity index (χ1n) is 8.44. The number of carbonyl (C=O) groups is 1. The average Bonchev–Trinajstić information content (AvgIpc) is 3.42. The molecule has 1 aliphatic heterocycles. The number of nitrogens with one attached hydrogen (secondary N) is 1. The molecule has 1 N–H and O–H groups in total. The van der Waals surface area contributed by atoms with Crippen LogP contribution >= 0.6 is 28.3 Å². The molecule has 2 aliphatic carbocycles. The Morgan fingerprint density at radius 3 is 2.70 bits per heavy atom. The van der Waals surface area contributed by atoms with E-state index in [0.717, 1.165) is 30.5 Å². The van der Waals surface area contributed by atoms with Crippen molar-refractivity contribution in [1.29, 1.82) is 0 Å². The molecule has 1 aromatic rings. The second-order valence-corrected chi connectivity index (χ2v) is 8.11. The van der Waals surface area contributed by atoms with Gasteiger partial charge in [-0.25, -0.2) is 0 Å². The maximum absolute atomic E-state index is 13.0. The highest BCUT2D eigenvalue weighted by Gasteiger charge is 2.59. The largest absolute Gasteiger partial charge is 0.335 e. The van der Waals surface area contributed by atoms with E-state index in [2.05, 4.69) is 44.3 Å². The summed E-state index contributed by atoms with van der Waals surface area (Å²) in [6, 6.07) is 8.85. The fourth-order valence-electron chi connectivity index (χ4n) is 3.98. The maximum atomic E-state index is 13.0. The number of hydrogen-bond acceptors (Lipinski definition) is 2. The molecule has 3 fully saturated rings. The van der Waals surface area contributed by atoms with E-state index in [9.17, 15) is 4.79 Å².